The summed E-state index contributed by atoms with van der Waals surface area (Å²) in [6, 6.07) is 0. The minimum atomic E-state index is -0.0876. The molecule has 1 N–H and O–H groups in total. The molecule has 3 heterocycles. The zero-order valence-corrected chi connectivity index (χ0v) is 9.03. The Balaban J connectivity index is 2.11. The zero-order chi connectivity index (χ0) is 11.9. The molecule has 7 nitrogen and oxygen atoms in total. The Bertz CT molecular complexity index is 594. The summed E-state index contributed by atoms with van der Waals surface area (Å²) in [5, 5.41) is 13.4. The molecule has 3 rings (SSSR count). The van der Waals surface area contributed by atoms with Gasteiger partial charge in [-0.1, -0.05) is 0 Å². The van der Waals surface area contributed by atoms with E-state index in [1.165, 1.54) is 6.08 Å². The van der Waals surface area contributed by atoms with E-state index in [0.717, 1.165) is 0 Å². The zero-order valence-electron chi connectivity index (χ0n) is 9.03. The smallest absolute Gasteiger partial charge is 0.225 e. The molecule has 7 heteroatoms. The topological polar surface area (TPSA) is 83.9 Å². The summed E-state index contributed by atoms with van der Waals surface area (Å²) in [4.78, 5) is 16.5. The second-order valence-electron chi connectivity index (χ2n) is 3.85. The van der Waals surface area contributed by atoms with Crippen molar-refractivity contribution in [2.24, 2.45) is 4.99 Å². The summed E-state index contributed by atoms with van der Waals surface area (Å²) in [5.74, 6) is 0.871. The molecule has 2 aliphatic rings. The van der Waals surface area contributed by atoms with Gasteiger partial charge in [-0.3, -0.25) is 0 Å². The van der Waals surface area contributed by atoms with Crippen molar-refractivity contribution in [1.29, 1.82) is 0 Å². The number of quaternary nitrogens is 1. The number of allylic oxidation sites excluding steroid dienone is 2. The first-order valence-electron chi connectivity index (χ1n) is 5.01. The van der Waals surface area contributed by atoms with Crippen molar-refractivity contribution >= 4 is 17.4 Å². The van der Waals surface area contributed by atoms with E-state index < -0.39 is 0 Å². The number of carbonyl (C=O) groups is 1. The molecule has 0 aromatic carbocycles. The molecule has 0 saturated heterocycles. The van der Waals surface area contributed by atoms with Gasteiger partial charge in [-0.15, -0.1) is 10.2 Å². The fourth-order valence-electron chi connectivity index (χ4n) is 1.71. The number of likely N-dealkylation sites (N-methyl/N-ethyl adjacent to an activating group) is 1. The van der Waals surface area contributed by atoms with Gasteiger partial charge in [0.15, 0.2) is 0 Å². The minimum Gasteiger partial charge on any atom is -0.225 e. The predicted molar refractivity (Wildman–Crippen MR) is 59.1 cm³/mol. The van der Waals surface area contributed by atoms with Crippen LogP contribution >= 0.6 is 0 Å². The first-order chi connectivity index (χ1) is 8.20. The number of rotatable bonds is 1. The van der Waals surface area contributed by atoms with E-state index in [4.69, 9.17) is 0 Å². The Morgan fingerprint density at radius 1 is 1.35 bits per heavy atom. The number of aliphatic imine (C=N–C) groups is 1. The summed E-state index contributed by atoms with van der Waals surface area (Å²) >= 11 is 0. The van der Waals surface area contributed by atoms with E-state index in [9.17, 15) is 4.79 Å². The number of tetrazole rings is 1. The number of nitrogens with zero attached hydrogens (tertiary/aromatic N) is 5. The van der Waals surface area contributed by atoms with Gasteiger partial charge in [-0.25, -0.2) is 4.79 Å². The van der Waals surface area contributed by atoms with Crippen molar-refractivity contribution in [3.05, 3.63) is 36.3 Å². The number of amides is 1. The fraction of sp³-hybridized carbons (Fsp3) is 0.100. The number of fused-ring (bicyclic) bond motifs is 1. The highest BCUT2D eigenvalue weighted by Gasteiger charge is 2.39. The average Bonchev–Trinajstić information content (AvgIpc) is 2.84. The first kappa shape index (κ1) is 9.79. The molecular formula is C10H9N6O+. The quantitative estimate of drug-likeness (QED) is 0.687. The summed E-state index contributed by atoms with van der Waals surface area (Å²) in [7, 11) is 1.78. The van der Waals surface area contributed by atoms with Crippen molar-refractivity contribution < 1.29 is 9.28 Å². The molecule has 0 spiro atoms. The van der Waals surface area contributed by atoms with Crippen LogP contribution in [0.3, 0.4) is 0 Å². The van der Waals surface area contributed by atoms with Crippen LogP contribution in [0.25, 0.3) is 5.70 Å². The number of aromatic nitrogens is 4. The number of amidine groups is 1. The van der Waals surface area contributed by atoms with Crippen molar-refractivity contribution in [3.63, 3.8) is 0 Å². The Morgan fingerprint density at radius 2 is 2.24 bits per heavy atom. The highest BCUT2D eigenvalue weighted by Crippen LogP contribution is 2.24. The van der Waals surface area contributed by atoms with Crippen LogP contribution in [-0.4, -0.2) is 43.9 Å². The van der Waals surface area contributed by atoms with Crippen LogP contribution in [0.4, 0.5) is 0 Å². The van der Waals surface area contributed by atoms with Gasteiger partial charge in [0.05, 0.1) is 13.1 Å². The molecule has 1 atom stereocenters. The first-order valence-corrected chi connectivity index (χ1v) is 5.01. The van der Waals surface area contributed by atoms with Crippen molar-refractivity contribution in [1.82, 2.24) is 20.6 Å². The molecule has 0 saturated carbocycles. The molecule has 0 aliphatic carbocycles. The van der Waals surface area contributed by atoms with Gasteiger partial charge in [0.1, 0.15) is 11.9 Å². The van der Waals surface area contributed by atoms with Crippen LogP contribution in [0, 0.1) is 0 Å². The number of nitrogens with one attached hydrogen (secondary N) is 1. The minimum absolute atomic E-state index is 0.0395. The van der Waals surface area contributed by atoms with Crippen LogP contribution < -0.4 is 0 Å². The van der Waals surface area contributed by atoms with Gasteiger partial charge in [-0.2, -0.15) is 14.7 Å². The lowest BCUT2D eigenvalue weighted by Crippen LogP contribution is -2.50. The standard InChI is InChI=1S/C10H8N6O/c1-16-5-3-2-4-8(16)11-7(6-9(16)17)10-12-14-15-13-10/h2-6H,1H3/p+1. The summed E-state index contributed by atoms with van der Waals surface area (Å²) in [6.07, 6.45) is 8.67. The van der Waals surface area contributed by atoms with E-state index in [1.54, 1.807) is 19.3 Å². The van der Waals surface area contributed by atoms with Gasteiger partial charge >= 0.3 is 5.91 Å². The Morgan fingerprint density at radius 3 is 3.00 bits per heavy atom. The third kappa shape index (κ3) is 1.36. The second-order valence-corrected chi connectivity index (χ2v) is 3.85. The molecule has 0 bridgehead atoms. The lowest BCUT2D eigenvalue weighted by molar-refractivity contribution is -0.680. The van der Waals surface area contributed by atoms with E-state index in [0.29, 0.717) is 17.4 Å². The Hall–Kier alpha value is -2.41. The summed E-state index contributed by atoms with van der Waals surface area (Å²) in [5.41, 5.74) is 0.425. The molecule has 84 valence electrons. The van der Waals surface area contributed by atoms with E-state index in [1.807, 2.05) is 12.2 Å². The van der Waals surface area contributed by atoms with Crippen LogP contribution in [0.5, 0.6) is 0 Å². The second kappa shape index (κ2) is 3.29. The molecule has 0 fully saturated rings. The number of H-pyrrole nitrogens is 1. The fourth-order valence-corrected chi connectivity index (χ4v) is 1.71. The number of aromatic amines is 1. The van der Waals surface area contributed by atoms with E-state index >= 15 is 0 Å². The van der Waals surface area contributed by atoms with Crippen molar-refractivity contribution in [2.45, 2.75) is 0 Å². The lowest BCUT2D eigenvalue weighted by atomic mass is 10.2. The molecule has 1 amide bonds. The highest BCUT2D eigenvalue weighted by atomic mass is 16.2. The summed E-state index contributed by atoms with van der Waals surface area (Å²) in [6.45, 7) is 0. The number of carbonyl (C=O) groups excluding carboxylic acids is 1. The number of hydrogen-bond donors (Lipinski definition) is 1. The maximum Gasteiger partial charge on any atom is 0.351 e. The molecular weight excluding hydrogens is 220 g/mol. The largest absolute Gasteiger partial charge is 0.351 e. The van der Waals surface area contributed by atoms with Gasteiger partial charge in [-0.05, 0) is 17.4 Å². The van der Waals surface area contributed by atoms with Crippen molar-refractivity contribution in [3.8, 4) is 0 Å². The molecule has 2 aliphatic heterocycles. The lowest BCUT2D eigenvalue weighted by Gasteiger charge is -2.29. The highest BCUT2D eigenvalue weighted by molar-refractivity contribution is 6.07. The average molecular weight is 229 g/mol. The summed E-state index contributed by atoms with van der Waals surface area (Å²) < 4.78 is 0.0395. The van der Waals surface area contributed by atoms with Crippen LogP contribution in [-0.2, 0) is 4.79 Å². The Labute approximate surface area is 96.4 Å². The monoisotopic (exact) mass is 229 g/mol. The third-order valence-electron chi connectivity index (χ3n) is 2.74. The molecule has 17 heavy (non-hydrogen) atoms. The number of hydrogen-bond acceptors (Lipinski definition) is 5. The molecule has 1 aromatic rings. The SMILES string of the molecule is C[N+]12C=CC=CC1=NC(c1nn[nH]n1)=CC2=O. The normalized spacial score (nSPS) is 26.5. The maximum atomic E-state index is 12.1. The van der Waals surface area contributed by atoms with Gasteiger partial charge in [0.2, 0.25) is 11.7 Å². The van der Waals surface area contributed by atoms with Crippen LogP contribution in [0.1, 0.15) is 5.82 Å². The van der Waals surface area contributed by atoms with E-state index in [2.05, 4.69) is 25.6 Å². The van der Waals surface area contributed by atoms with Crippen LogP contribution in [0.2, 0.25) is 0 Å². The van der Waals surface area contributed by atoms with Gasteiger partial charge < -0.3 is 0 Å². The third-order valence-corrected chi connectivity index (χ3v) is 2.74. The molecule has 0 radical (unpaired) electrons. The molecule has 1 unspecified atom stereocenters. The predicted octanol–water partition coefficient (Wildman–Crippen LogP) is 0.00940. The van der Waals surface area contributed by atoms with Crippen molar-refractivity contribution in [2.75, 3.05) is 7.05 Å². The van der Waals surface area contributed by atoms with E-state index in [-0.39, 0.29) is 10.4 Å². The van der Waals surface area contributed by atoms with Gasteiger partial charge in [0.25, 0.3) is 0 Å². The van der Waals surface area contributed by atoms with Crippen LogP contribution in [0.15, 0.2) is 35.5 Å². The Kier molecular flexibility index (Phi) is 1.89. The van der Waals surface area contributed by atoms with Gasteiger partial charge in [0, 0.05) is 6.08 Å². The molecule has 1 aromatic heterocycles. The maximum absolute atomic E-state index is 12.1.